The summed E-state index contributed by atoms with van der Waals surface area (Å²) in [4.78, 5) is 43.8. The lowest BCUT2D eigenvalue weighted by atomic mass is 9.80. The number of carbonyl (C=O) groups is 3. The van der Waals surface area contributed by atoms with E-state index in [1.165, 1.54) is 11.3 Å². The number of carbonyl (C=O) groups excluding carboxylic acids is 3. The molecule has 0 spiro atoms. The van der Waals surface area contributed by atoms with Gasteiger partial charge in [-0.05, 0) is 48.9 Å². The summed E-state index contributed by atoms with van der Waals surface area (Å²) >= 11 is 1.43. The second-order valence-electron chi connectivity index (χ2n) is 11.1. The summed E-state index contributed by atoms with van der Waals surface area (Å²) in [6.45, 7) is 4.75. The third-order valence-electron chi connectivity index (χ3n) is 8.10. The molecule has 3 N–H and O–H groups in total. The Morgan fingerprint density at radius 3 is 2.44 bits per heavy atom. The maximum absolute atomic E-state index is 14.0. The van der Waals surface area contributed by atoms with Crippen molar-refractivity contribution in [3.05, 3.63) is 71.1 Å². The molecule has 1 aromatic heterocycles. The highest BCUT2D eigenvalue weighted by Crippen LogP contribution is 2.31. The van der Waals surface area contributed by atoms with Crippen LogP contribution in [0.5, 0.6) is 0 Å². The van der Waals surface area contributed by atoms with Gasteiger partial charge in [0.2, 0.25) is 11.8 Å². The molecule has 2 aliphatic rings. The van der Waals surface area contributed by atoms with Crippen LogP contribution < -0.4 is 16.0 Å². The topological polar surface area (TPSA) is 99.8 Å². The van der Waals surface area contributed by atoms with Crippen LogP contribution in [0.25, 0.3) is 10.1 Å². The molecule has 2 aromatic carbocycles. The van der Waals surface area contributed by atoms with E-state index >= 15 is 0 Å². The molecule has 1 saturated carbocycles. The molecule has 0 bridgehead atoms. The Morgan fingerprint density at radius 2 is 1.68 bits per heavy atom. The molecule has 8 nitrogen and oxygen atoms in total. The van der Waals surface area contributed by atoms with Gasteiger partial charge in [-0.2, -0.15) is 0 Å². The summed E-state index contributed by atoms with van der Waals surface area (Å²) in [7, 11) is 0. The molecule has 0 radical (unpaired) electrons. The average molecular weight is 577 g/mol. The molecule has 218 valence electrons. The monoisotopic (exact) mass is 576 g/mol. The predicted octanol–water partition coefficient (Wildman–Crippen LogP) is 3.90. The van der Waals surface area contributed by atoms with Gasteiger partial charge in [0.1, 0.15) is 11.6 Å². The molecule has 2 heterocycles. The van der Waals surface area contributed by atoms with Gasteiger partial charge in [-0.1, -0.05) is 67.8 Å². The largest absolute Gasteiger partial charge is 0.379 e. The number of nitrogens with one attached hydrogen (secondary N) is 3. The molecule has 1 aliphatic carbocycles. The summed E-state index contributed by atoms with van der Waals surface area (Å²) in [6, 6.07) is 18.8. The summed E-state index contributed by atoms with van der Waals surface area (Å²) in [5, 5.41) is 10.2. The fraction of sp³-hybridized carbons (Fsp3) is 0.469. The average Bonchev–Trinajstić information content (AvgIpc) is 3.45. The van der Waals surface area contributed by atoms with Crippen LogP contribution in [-0.4, -0.2) is 73.6 Å². The lowest BCUT2D eigenvalue weighted by Crippen LogP contribution is -2.63. The third-order valence-corrected chi connectivity index (χ3v) is 9.22. The van der Waals surface area contributed by atoms with Crippen molar-refractivity contribution in [1.29, 1.82) is 0 Å². The van der Waals surface area contributed by atoms with Gasteiger partial charge in [0.05, 0.1) is 18.1 Å². The first-order chi connectivity index (χ1) is 20.0. The number of morpholine rings is 1. The Kier molecular flexibility index (Phi) is 10.0. The van der Waals surface area contributed by atoms with E-state index in [0.717, 1.165) is 74.2 Å². The van der Waals surface area contributed by atoms with E-state index in [9.17, 15) is 14.4 Å². The highest BCUT2D eigenvalue weighted by Gasteiger charge is 2.42. The first-order valence-corrected chi connectivity index (χ1v) is 15.6. The van der Waals surface area contributed by atoms with Gasteiger partial charge in [-0.3, -0.25) is 19.3 Å². The van der Waals surface area contributed by atoms with Crippen LogP contribution in [0.3, 0.4) is 0 Å². The minimum absolute atomic E-state index is 0.203. The van der Waals surface area contributed by atoms with E-state index in [1.54, 1.807) is 0 Å². The van der Waals surface area contributed by atoms with Crippen molar-refractivity contribution in [2.45, 2.75) is 56.5 Å². The SMILES string of the molecule is O=C(NC1(C(=O)N[C@@H](Cc2ccccc2)C(=O)NCCCN2CCOCC2)CCCCC1)c1cc2ccccc2s1. The Hall–Kier alpha value is -3.27. The number of thiophene rings is 1. The van der Waals surface area contributed by atoms with Crippen molar-refractivity contribution in [3.8, 4) is 0 Å². The number of hydrogen-bond acceptors (Lipinski definition) is 6. The first-order valence-electron chi connectivity index (χ1n) is 14.8. The van der Waals surface area contributed by atoms with Gasteiger partial charge < -0.3 is 20.7 Å². The van der Waals surface area contributed by atoms with E-state index in [2.05, 4.69) is 20.9 Å². The fourth-order valence-corrected chi connectivity index (χ4v) is 6.71. The minimum atomic E-state index is -1.04. The smallest absolute Gasteiger partial charge is 0.262 e. The Balaban J connectivity index is 1.27. The van der Waals surface area contributed by atoms with E-state index in [4.69, 9.17) is 4.74 Å². The molecule has 1 atom stereocenters. The van der Waals surface area contributed by atoms with Gasteiger partial charge in [-0.15, -0.1) is 11.3 Å². The van der Waals surface area contributed by atoms with Crippen LogP contribution in [0.15, 0.2) is 60.7 Å². The van der Waals surface area contributed by atoms with Crippen molar-refractivity contribution in [2.24, 2.45) is 0 Å². The zero-order valence-corrected chi connectivity index (χ0v) is 24.3. The molecule has 9 heteroatoms. The second-order valence-corrected chi connectivity index (χ2v) is 12.1. The predicted molar refractivity (Wildman–Crippen MR) is 162 cm³/mol. The number of rotatable bonds is 11. The number of ether oxygens (including phenoxy) is 1. The Bertz CT molecular complexity index is 1280. The molecule has 41 heavy (non-hydrogen) atoms. The number of nitrogens with zero attached hydrogens (tertiary/aromatic N) is 1. The van der Waals surface area contributed by atoms with Crippen LogP contribution >= 0.6 is 11.3 Å². The maximum atomic E-state index is 14.0. The van der Waals surface area contributed by atoms with Crippen molar-refractivity contribution in [3.63, 3.8) is 0 Å². The van der Waals surface area contributed by atoms with Gasteiger partial charge in [0.15, 0.2) is 0 Å². The minimum Gasteiger partial charge on any atom is -0.379 e. The van der Waals surface area contributed by atoms with Crippen LogP contribution in [-0.2, 0) is 20.7 Å². The van der Waals surface area contributed by atoms with Crippen LogP contribution in [0, 0.1) is 0 Å². The summed E-state index contributed by atoms with van der Waals surface area (Å²) in [5.74, 6) is -0.725. The molecule has 1 saturated heterocycles. The van der Waals surface area contributed by atoms with E-state index in [1.807, 2.05) is 60.7 Å². The molecular weight excluding hydrogens is 536 g/mol. The lowest BCUT2D eigenvalue weighted by molar-refractivity contribution is -0.133. The molecule has 0 unspecified atom stereocenters. The highest BCUT2D eigenvalue weighted by atomic mass is 32.1. The van der Waals surface area contributed by atoms with E-state index in [0.29, 0.717) is 30.7 Å². The standard InChI is InChI=1S/C32H40N4O4S/c37-29(33-16-9-17-36-18-20-40-21-19-36)26(22-24-10-3-1-4-11-24)34-31(39)32(14-7-2-8-15-32)35-30(38)28-23-25-12-5-6-13-27(25)41-28/h1,3-6,10-13,23,26H,2,7-9,14-22H2,(H,33,37)(H,34,39)(H,35,38)/t26-/m0/s1. The van der Waals surface area contributed by atoms with Gasteiger partial charge in [0, 0.05) is 30.8 Å². The maximum Gasteiger partial charge on any atom is 0.262 e. The van der Waals surface area contributed by atoms with Gasteiger partial charge >= 0.3 is 0 Å². The third kappa shape index (κ3) is 7.72. The molecule has 2 fully saturated rings. The van der Waals surface area contributed by atoms with Crippen molar-refractivity contribution < 1.29 is 19.1 Å². The van der Waals surface area contributed by atoms with Crippen LogP contribution in [0.2, 0.25) is 0 Å². The fourth-order valence-electron chi connectivity index (χ4n) is 5.75. The second kappa shape index (κ2) is 14.1. The van der Waals surface area contributed by atoms with E-state index < -0.39 is 11.6 Å². The summed E-state index contributed by atoms with van der Waals surface area (Å²) in [5.41, 5.74) is -0.0786. The lowest BCUT2D eigenvalue weighted by Gasteiger charge is -2.37. The molecular formula is C32H40N4O4S. The number of fused-ring (bicyclic) bond motifs is 1. The van der Waals surface area contributed by atoms with Gasteiger partial charge in [0.25, 0.3) is 5.91 Å². The number of benzene rings is 2. The number of amides is 3. The van der Waals surface area contributed by atoms with Crippen molar-refractivity contribution >= 4 is 39.1 Å². The molecule has 5 rings (SSSR count). The van der Waals surface area contributed by atoms with Crippen LogP contribution in [0.4, 0.5) is 0 Å². The highest BCUT2D eigenvalue weighted by molar-refractivity contribution is 7.20. The van der Waals surface area contributed by atoms with Crippen LogP contribution in [0.1, 0.15) is 53.8 Å². The molecule has 1 aliphatic heterocycles. The van der Waals surface area contributed by atoms with E-state index in [-0.39, 0.29) is 17.7 Å². The molecule has 3 aromatic rings. The normalized spacial score (nSPS) is 18.0. The Morgan fingerprint density at radius 1 is 0.951 bits per heavy atom. The van der Waals surface area contributed by atoms with Crippen molar-refractivity contribution in [2.75, 3.05) is 39.4 Å². The molecule has 3 amide bonds. The quantitative estimate of drug-likeness (QED) is 0.301. The Labute approximate surface area is 245 Å². The zero-order chi connectivity index (χ0) is 28.5. The number of hydrogen-bond donors (Lipinski definition) is 3. The van der Waals surface area contributed by atoms with Gasteiger partial charge in [-0.25, -0.2) is 0 Å². The summed E-state index contributed by atoms with van der Waals surface area (Å²) in [6.07, 6.45) is 5.01. The van der Waals surface area contributed by atoms with Crippen molar-refractivity contribution in [1.82, 2.24) is 20.9 Å². The zero-order valence-electron chi connectivity index (χ0n) is 23.5. The summed E-state index contributed by atoms with van der Waals surface area (Å²) < 4.78 is 6.45. The first kappa shape index (κ1) is 29.2.